The Morgan fingerprint density at radius 1 is 1.15 bits per heavy atom. The first kappa shape index (κ1) is 23.6. The number of rotatable bonds is 6. The number of esters is 1. The molecule has 0 bridgehead atoms. The summed E-state index contributed by atoms with van der Waals surface area (Å²) in [6.45, 7) is 2.20. The number of carbonyl (C=O) groups is 3. The third-order valence-electron chi connectivity index (χ3n) is 5.60. The molecule has 9 heteroatoms. The maximum absolute atomic E-state index is 13.1. The molecule has 176 valence electrons. The SMILES string of the molecule is CC(OC(=O)C1CCCN(C(=O)c2ccc(F)cc2)C1)C(=O)Nc1nc(-c2ccccc2)cs1. The van der Waals surface area contributed by atoms with Gasteiger partial charge in [0.2, 0.25) is 0 Å². The van der Waals surface area contributed by atoms with E-state index in [1.54, 1.807) is 4.90 Å². The van der Waals surface area contributed by atoms with Crippen LogP contribution in [-0.4, -0.2) is 46.9 Å². The maximum atomic E-state index is 13.1. The van der Waals surface area contributed by atoms with E-state index in [4.69, 9.17) is 4.74 Å². The van der Waals surface area contributed by atoms with Gasteiger partial charge in [-0.1, -0.05) is 30.3 Å². The summed E-state index contributed by atoms with van der Waals surface area (Å²) in [5.74, 6) is -2.21. The van der Waals surface area contributed by atoms with Gasteiger partial charge in [0.05, 0.1) is 11.6 Å². The molecule has 1 fully saturated rings. The number of hydrogen-bond acceptors (Lipinski definition) is 6. The predicted molar refractivity (Wildman–Crippen MR) is 127 cm³/mol. The van der Waals surface area contributed by atoms with Crippen LogP contribution in [0.15, 0.2) is 60.0 Å². The van der Waals surface area contributed by atoms with Crippen LogP contribution in [0, 0.1) is 11.7 Å². The molecule has 1 aliphatic heterocycles. The number of benzene rings is 2. The Hall–Kier alpha value is -3.59. The van der Waals surface area contributed by atoms with E-state index in [2.05, 4.69) is 10.3 Å². The van der Waals surface area contributed by atoms with Crippen molar-refractivity contribution in [1.82, 2.24) is 9.88 Å². The van der Waals surface area contributed by atoms with Gasteiger partial charge in [-0.3, -0.25) is 19.7 Å². The molecule has 2 amide bonds. The fourth-order valence-corrected chi connectivity index (χ4v) is 4.46. The smallest absolute Gasteiger partial charge is 0.311 e. The van der Waals surface area contributed by atoms with Gasteiger partial charge >= 0.3 is 5.97 Å². The number of halogens is 1. The zero-order valence-electron chi connectivity index (χ0n) is 18.6. The molecule has 1 aromatic heterocycles. The van der Waals surface area contributed by atoms with Crippen molar-refractivity contribution in [1.29, 1.82) is 0 Å². The molecule has 0 aliphatic carbocycles. The van der Waals surface area contributed by atoms with E-state index in [-0.39, 0.29) is 12.5 Å². The van der Waals surface area contributed by atoms with Crippen LogP contribution in [0.5, 0.6) is 0 Å². The van der Waals surface area contributed by atoms with E-state index in [9.17, 15) is 18.8 Å². The number of thiazole rings is 1. The molecule has 0 spiro atoms. The van der Waals surface area contributed by atoms with Crippen LogP contribution < -0.4 is 5.32 Å². The Morgan fingerprint density at radius 2 is 1.88 bits per heavy atom. The van der Waals surface area contributed by atoms with Crippen molar-refractivity contribution in [3.63, 3.8) is 0 Å². The minimum absolute atomic E-state index is 0.191. The molecular weight excluding hydrogens is 457 g/mol. The van der Waals surface area contributed by atoms with Crippen molar-refractivity contribution < 1.29 is 23.5 Å². The summed E-state index contributed by atoms with van der Waals surface area (Å²) in [7, 11) is 0. The summed E-state index contributed by atoms with van der Waals surface area (Å²) in [4.78, 5) is 43.9. The number of carbonyl (C=O) groups excluding carboxylic acids is 3. The summed E-state index contributed by atoms with van der Waals surface area (Å²) >= 11 is 1.29. The van der Waals surface area contributed by atoms with E-state index >= 15 is 0 Å². The van der Waals surface area contributed by atoms with Crippen LogP contribution in [0.3, 0.4) is 0 Å². The summed E-state index contributed by atoms with van der Waals surface area (Å²) in [5, 5.41) is 4.95. The fourth-order valence-electron chi connectivity index (χ4n) is 3.73. The van der Waals surface area contributed by atoms with Crippen molar-refractivity contribution in [2.24, 2.45) is 5.92 Å². The standard InChI is InChI=1S/C25H24FN3O4S/c1-16(22(30)28-25-27-21(15-34-25)17-6-3-2-4-7-17)33-24(32)19-8-5-13-29(14-19)23(31)18-9-11-20(26)12-10-18/h2-4,6-7,9-12,15-16,19H,5,8,13-14H2,1H3,(H,27,28,30). The van der Waals surface area contributed by atoms with Crippen LogP contribution in [0.1, 0.15) is 30.1 Å². The quantitative estimate of drug-likeness (QED) is 0.528. The molecule has 0 saturated carbocycles. The van der Waals surface area contributed by atoms with Gasteiger partial charge in [0, 0.05) is 29.6 Å². The number of piperidine rings is 1. The van der Waals surface area contributed by atoms with Gasteiger partial charge in [-0.05, 0) is 44.0 Å². The molecule has 1 N–H and O–H groups in total. The highest BCUT2D eigenvalue weighted by Crippen LogP contribution is 2.25. The predicted octanol–water partition coefficient (Wildman–Crippen LogP) is 4.37. The summed E-state index contributed by atoms with van der Waals surface area (Å²) in [6.07, 6.45) is 0.182. The number of hydrogen-bond donors (Lipinski definition) is 1. The molecule has 2 heterocycles. The van der Waals surface area contributed by atoms with Gasteiger partial charge in [-0.2, -0.15) is 0 Å². The van der Waals surface area contributed by atoms with Crippen LogP contribution in [0.4, 0.5) is 9.52 Å². The largest absolute Gasteiger partial charge is 0.452 e. The Kier molecular flexibility index (Phi) is 7.32. The van der Waals surface area contributed by atoms with E-state index in [1.165, 1.54) is 42.5 Å². The Balaban J connectivity index is 1.31. The molecule has 34 heavy (non-hydrogen) atoms. The molecule has 7 nitrogen and oxygen atoms in total. The van der Waals surface area contributed by atoms with Gasteiger partial charge in [0.25, 0.3) is 11.8 Å². The lowest BCUT2D eigenvalue weighted by Crippen LogP contribution is -2.44. The molecule has 0 radical (unpaired) electrons. The second-order valence-electron chi connectivity index (χ2n) is 8.07. The molecular formula is C25H24FN3O4S. The van der Waals surface area contributed by atoms with E-state index in [0.29, 0.717) is 30.1 Å². The third-order valence-corrected chi connectivity index (χ3v) is 6.36. The lowest BCUT2D eigenvalue weighted by atomic mass is 9.97. The highest BCUT2D eigenvalue weighted by molar-refractivity contribution is 7.14. The van der Waals surface area contributed by atoms with Gasteiger partial charge in [-0.25, -0.2) is 9.37 Å². The molecule has 2 atom stereocenters. The van der Waals surface area contributed by atoms with Crippen LogP contribution in [0.25, 0.3) is 11.3 Å². The number of nitrogens with zero attached hydrogens (tertiary/aromatic N) is 2. The molecule has 3 aromatic rings. The minimum atomic E-state index is -1.01. The van der Waals surface area contributed by atoms with Gasteiger partial charge in [0.15, 0.2) is 11.2 Å². The summed E-state index contributed by atoms with van der Waals surface area (Å²) in [6, 6.07) is 14.9. The molecule has 1 saturated heterocycles. The second kappa shape index (κ2) is 10.6. The highest BCUT2D eigenvalue weighted by atomic mass is 32.1. The van der Waals surface area contributed by atoms with Gasteiger partial charge in [0.1, 0.15) is 5.82 Å². The van der Waals surface area contributed by atoms with Crippen molar-refractivity contribution >= 4 is 34.3 Å². The first-order chi connectivity index (χ1) is 16.4. The number of ether oxygens (including phenoxy) is 1. The van der Waals surface area contributed by atoms with Crippen molar-refractivity contribution in [3.8, 4) is 11.3 Å². The van der Waals surface area contributed by atoms with Crippen LogP contribution >= 0.6 is 11.3 Å². The average molecular weight is 482 g/mol. The topological polar surface area (TPSA) is 88.6 Å². The first-order valence-electron chi connectivity index (χ1n) is 11.0. The van der Waals surface area contributed by atoms with Crippen molar-refractivity contribution in [2.75, 3.05) is 18.4 Å². The van der Waals surface area contributed by atoms with E-state index in [0.717, 1.165) is 11.3 Å². The average Bonchev–Trinajstić information content (AvgIpc) is 3.33. The van der Waals surface area contributed by atoms with Gasteiger partial charge in [-0.15, -0.1) is 11.3 Å². The van der Waals surface area contributed by atoms with Gasteiger partial charge < -0.3 is 9.64 Å². The van der Waals surface area contributed by atoms with Crippen LogP contribution in [0.2, 0.25) is 0 Å². The number of nitrogens with one attached hydrogen (secondary N) is 1. The zero-order chi connectivity index (χ0) is 24.1. The molecule has 2 unspecified atom stereocenters. The maximum Gasteiger partial charge on any atom is 0.311 e. The lowest BCUT2D eigenvalue weighted by Gasteiger charge is -2.32. The minimum Gasteiger partial charge on any atom is -0.452 e. The Morgan fingerprint density at radius 3 is 2.62 bits per heavy atom. The zero-order valence-corrected chi connectivity index (χ0v) is 19.4. The highest BCUT2D eigenvalue weighted by Gasteiger charge is 2.32. The first-order valence-corrected chi connectivity index (χ1v) is 11.9. The number of anilines is 1. The van der Waals surface area contributed by atoms with E-state index in [1.807, 2.05) is 35.7 Å². The second-order valence-corrected chi connectivity index (χ2v) is 8.93. The Bertz CT molecular complexity index is 1170. The molecule has 4 rings (SSSR count). The molecule has 1 aliphatic rings. The fraction of sp³-hybridized carbons (Fsp3) is 0.280. The van der Waals surface area contributed by atoms with Crippen molar-refractivity contribution in [3.05, 3.63) is 71.4 Å². The number of likely N-dealkylation sites (tertiary alicyclic amines) is 1. The van der Waals surface area contributed by atoms with Crippen molar-refractivity contribution in [2.45, 2.75) is 25.9 Å². The monoisotopic (exact) mass is 481 g/mol. The van der Waals surface area contributed by atoms with Crippen LogP contribution in [-0.2, 0) is 14.3 Å². The summed E-state index contributed by atoms with van der Waals surface area (Å²) in [5.41, 5.74) is 2.05. The number of aromatic nitrogens is 1. The Labute approximate surface area is 200 Å². The van der Waals surface area contributed by atoms with E-state index < -0.39 is 29.7 Å². The number of amides is 2. The normalized spacial score (nSPS) is 16.5. The lowest BCUT2D eigenvalue weighted by molar-refractivity contribution is -0.158. The third kappa shape index (κ3) is 5.66. The summed E-state index contributed by atoms with van der Waals surface area (Å²) < 4.78 is 18.5. The molecule has 2 aromatic carbocycles.